The van der Waals surface area contributed by atoms with E-state index >= 15 is 0 Å². The zero-order chi connectivity index (χ0) is 15.2. The van der Waals surface area contributed by atoms with E-state index in [1.54, 1.807) is 29.7 Å². The van der Waals surface area contributed by atoms with Crippen LogP contribution in [0.25, 0.3) is 0 Å². The predicted octanol–water partition coefficient (Wildman–Crippen LogP) is 3.38. The summed E-state index contributed by atoms with van der Waals surface area (Å²) in [6, 6.07) is 17.1. The molecule has 108 valence electrons. The second kappa shape index (κ2) is 6.63. The van der Waals surface area contributed by atoms with Gasteiger partial charge in [0.1, 0.15) is 0 Å². The van der Waals surface area contributed by atoms with E-state index in [1.807, 2.05) is 54.6 Å². The smallest absolute Gasteiger partial charge is 0.236 e. The van der Waals surface area contributed by atoms with Gasteiger partial charge in [0.15, 0.2) is 0 Å². The molecule has 3 rings (SSSR count). The highest BCUT2D eigenvalue weighted by atomic mass is 16.2. The molecule has 0 unspecified atom stereocenters. The molecule has 0 N–H and O–H groups in total. The van der Waals surface area contributed by atoms with Crippen molar-refractivity contribution in [2.24, 2.45) is 0 Å². The van der Waals surface area contributed by atoms with Crippen molar-refractivity contribution in [2.75, 3.05) is 4.90 Å². The second-order valence-corrected chi connectivity index (χ2v) is 4.81. The molecule has 0 bridgehead atoms. The maximum atomic E-state index is 12.8. The molecule has 0 aliphatic carbocycles. The van der Waals surface area contributed by atoms with Gasteiger partial charge >= 0.3 is 0 Å². The first-order valence-electron chi connectivity index (χ1n) is 7.01. The lowest BCUT2D eigenvalue weighted by molar-refractivity contribution is -0.117. The van der Waals surface area contributed by atoms with E-state index in [0.29, 0.717) is 6.42 Å². The number of aromatic nitrogens is 2. The average molecular weight is 289 g/mol. The molecule has 0 spiro atoms. The Morgan fingerprint density at radius 1 is 0.818 bits per heavy atom. The number of hydrogen-bond donors (Lipinski definition) is 0. The number of hydrogen-bond acceptors (Lipinski definition) is 3. The molecule has 0 aliphatic heterocycles. The minimum atomic E-state index is -0.0211. The molecular weight excluding hydrogens is 274 g/mol. The molecule has 4 heteroatoms. The fourth-order valence-corrected chi connectivity index (χ4v) is 2.26. The number of carbonyl (C=O) groups excluding carboxylic acids is 1. The van der Waals surface area contributed by atoms with E-state index in [0.717, 1.165) is 16.9 Å². The highest BCUT2D eigenvalue weighted by Crippen LogP contribution is 2.24. The Labute approximate surface area is 129 Å². The third-order valence-corrected chi connectivity index (χ3v) is 3.26. The monoisotopic (exact) mass is 289 g/mol. The molecular formula is C18H15N3O. The van der Waals surface area contributed by atoms with E-state index < -0.39 is 0 Å². The first-order valence-corrected chi connectivity index (χ1v) is 7.01. The van der Waals surface area contributed by atoms with Crippen LogP contribution in [0.5, 0.6) is 0 Å². The maximum Gasteiger partial charge on any atom is 0.236 e. The summed E-state index contributed by atoms with van der Waals surface area (Å²) < 4.78 is 0. The zero-order valence-corrected chi connectivity index (χ0v) is 12.0. The molecule has 2 aromatic heterocycles. The highest BCUT2D eigenvalue weighted by molar-refractivity contribution is 6.01. The Morgan fingerprint density at radius 3 is 1.91 bits per heavy atom. The molecule has 0 saturated carbocycles. The van der Waals surface area contributed by atoms with Gasteiger partial charge in [0.25, 0.3) is 0 Å². The van der Waals surface area contributed by atoms with Crippen LogP contribution in [-0.4, -0.2) is 15.9 Å². The largest absolute Gasteiger partial charge is 0.278 e. The summed E-state index contributed by atoms with van der Waals surface area (Å²) >= 11 is 0. The molecule has 2 heterocycles. The summed E-state index contributed by atoms with van der Waals surface area (Å²) in [4.78, 5) is 22.6. The lowest BCUT2D eigenvalue weighted by Crippen LogP contribution is -2.27. The van der Waals surface area contributed by atoms with Crippen molar-refractivity contribution in [3.8, 4) is 0 Å². The quantitative estimate of drug-likeness (QED) is 0.739. The molecule has 0 radical (unpaired) electrons. The number of carbonyl (C=O) groups is 1. The molecule has 0 fully saturated rings. The average Bonchev–Trinajstić information content (AvgIpc) is 2.58. The topological polar surface area (TPSA) is 46.1 Å². The molecule has 0 saturated heterocycles. The van der Waals surface area contributed by atoms with Crippen molar-refractivity contribution in [1.82, 2.24) is 9.97 Å². The summed E-state index contributed by atoms with van der Waals surface area (Å²) in [6.45, 7) is 0. The summed E-state index contributed by atoms with van der Waals surface area (Å²) in [7, 11) is 0. The van der Waals surface area contributed by atoms with Crippen LogP contribution >= 0.6 is 0 Å². The van der Waals surface area contributed by atoms with Crippen molar-refractivity contribution in [3.63, 3.8) is 0 Å². The Hall–Kier alpha value is -3.01. The number of amides is 1. The Balaban J connectivity index is 1.94. The Kier molecular flexibility index (Phi) is 4.20. The van der Waals surface area contributed by atoms with E-state index in [4.69, 9.17) is 0 Å². The van der Waals surface area contributed by atoms with E-state index in [1.165, 1.54) is 0 Å². The van der Waals surface area contributed by atoms with Crippen molar-refractivity contribution in [2.45, 2.75) is 6.42 Å². The van der Waals surface area contributed by atoms with Gasteiger partial charge < -0.3 is 0 Å². The van der Waals surface area contributed by atoms with Gasteiger partial charge in [-0.15, -0.1) is 0 Å². The summed E-state index contributed by atoms with van der Waals surface area (Å²) in [5.41, 5.74) is 2.44. The third kappa shape index (κ3) is 3.17. The number of pyridine rings is 2. The van der Waals surface area contributed by atoms with Crippen LogP contribution in [-0.2, 0) is 11.2 Å². The Morgan fingerprint density at radius 2 is 1.41 bits per heavy atom. The van der Waals surface area contributed by atoms with Crippen LogP contribution in [0.2, 0.25) is 0 Å². The Bertz CT molecular complexity index is 691. The minimum absolute atomic E-state index is 0.0211. The van der Waals surface area contributed by atoms with Crippen LogP contribution in [0, 0.1) is 0 Å². The molecule has 3 aromatic rings. The summed E-state index contributed by atoms with van der Waals surface area (Å²) in [5, 5.41) is 0. The van der Waals surface area contributed by atoms with Gasteiger partial charge in [-0.2, -0.15) is 0 Å². The van der Waals surface area contributed by atoms with E-state index in [9.17, 15) is 4.79 Å². The van der Waals surface area contributed by atoms with Gasteiger partial charge in [0, 0.05) is 12.4 Å². The van der Waals surface area contributed by atoms with E-state index in [-0.39, 0.29) is 5.91 Å². The van der Waals surface area contributed by atoms with Gasteiger partial charge in [-0.1, -0.05) is 30.3 Å². The van der Waals surface area contributed by atoms with Crippen LogP contribution < -0.4 is 4.90 Å². The number of anilines is 2. The number of benzene rings is 1. The SMILES string of the molecule is O=C(Cc1ccccc1)N(c1cccnc1)c1cccnc1. The van der Waals surface area contributed by atoms with Crippen LogP contribution in [0.1, 0.15) is 5.56 Å². The van der Waals surface area contributed by atoms with Crippen molar-refractivity contribution >= 4 is 17.3 Å². The van der Waals surface area contributed by atoms with Gasteiger partial charge in [0.2, 0.25) is 5.91 Å². The van der Waals surface area contributed by atoms with E-state index in [2.05, 4.69) is 9.97 Å². The predicted molar refractivity (Wildman–Crippen MR) is 85.8 cm³/mol. The zero-order valence-electron chi connectivity index (χ0n) is 12.0. The van der Waals surface area contributed by atoms with Crippen LogP contribution in [0.3, 0.4) is 0 Å². The minimum Gasteiger partial charge on any atom is -0.278 e. The fraction of sp³-hybridized carbons (Fsp3) is 0.0556. The fourth-order valence-electron chi connectivity index (χ4n) is 2.26. The molecule has 0 atom stereocenters. The van der Waals surface area contributed by atoms with Gasteiger partial charge in [0.05, 0.1) is 30.2 Å². The molecule has 0 aliphatic rings. The second-order valence-electron chi connectivity index (χ2n) is 4.81. The summed E-state index contributed by atoms with van der Waals surface area (Å²) in [6.07, 6.45) is 7.05. The van der Waals surface area contributed by atoms with Crippen molar-refractivity contribution in [1.29, 1.82) is 0 Å². The van der Waals surface area contributed by atoms with Gasteiger partial charge in [-0.25, -0.2) is 0 Å². The lowest BCUT2D eigenvalue weighted by Gasteiger charge is -2.22. The van der Waals surface area contributed by atoms with Crippen LogP contribution in [0.15, 0.2) is 79.4 Å². The third-order valence-electron chi connectivity index (χ3n) is 3.26. The molecule has 1 aromatic carbocycles. The standard InChI is InChI=1S/C18H15N3O/c22-18(12-15-6-2-1-3-7-15)21(16-8-4-10-19-13-16)17-9-5-11-20-14-17/h1-11,13-14H,12H2. The highest BCUT2D eigenvalue weighted by Gasteiger charge is 2.18. The van der Waals surface area contributed by atoms with Gasteiger partial charge in [-0.05, 0) is 29.8 Å². The molecule has 22 heavy (non-hydrogen) atoms. The first kappa shape index (κ1) is 13.9. The first-order chi connectivity index (χ1) is 10.8. The van der Waals surface area contributed by atoms with Crippen molar-refractivity contribution in [3.05, 3.63) is 84.9 Å². The summed E-state index contributed by atoms with van der Waals surface area (Å²) in [5.74, 6) is -0.0211. The maximum absolute atomic E-state index is 12.8. The van der Waals surface area contributed by atoms with Gasteiger partial charge in [-0.3, -0.25) is 19.7 Å². The number of nitrogens with zero attached hydrogens (tertiary/aromatic N) is 3. The molecule has 4 nitrogen and oxygen atoms in total. The van der Waals surface area contributed by atoms with Crippen LogP contribution in [0.4, 0.5) is 11.4 Å². The normalized spacial score (nSPS) is 10.2. The number of rotatable bonds is 4. The lowest BCUT2D eigenvalue weighted by atomic mass is 10.1. The molecule has 1 amide bonds. The van der Waals surface area contributed by atoms with Crippen molar-refractivity contribution < 1.29 is 4.79 Å².